The van der Waals surface area contributed by atoms with Crippen LogP contribution < -0.4 is 5.73 Å². The fraction of sp³-hybridized carbons (Fsp3) is 0.611. The Morgan fingerprint density at radius 3 is 2.48 bits per heavy atom. The van der Waals surface area contributed by atoms with Crippen LogP contribution in [0.3, 0.4) is 0 Å². The highest BCUT2D eigenvalue weighted by molar-refractivity contribution is 5.87. The van der Waals surface area contributed by atoms with E-state index in [0.29, 0.717) is 12.0 Å². The lowest BCUT2D eigenvalue weighted by molar-refractivity contribution is -0.138. The van der Waals surface area contributed by atoms with Gasteiger partial charge >= 0.3 is 0 Å². The summed E-state index contributed by atoms with van der Waals surface area (Å²) in [6.45, 7) is 2.73. The van der Waals surface area contributed by atoms with Gasteiger partial charge in [-0.05, 0) is 44.1 Å². The number of amides is 1. The molecule has 0 bridgehead atoms. The third-order valence-electron chi connectivity index (χ3n) is 5.32. The van der Waals surface area contributed by atoms with Crippen molar-refractivity contribution in [1.82, 2.24) is 4.90 Å². The molecule has 1 aromatic rings. The maximum atomic E-state index is 13.0. The first-order valence-corrected chi connectivity index (χ1v) is 8.26. The lowest BCUT2D eigenvalue weighted by Gasteiger charge is -2.35. The predicted molar refractivity (Wildman–Crippen MR) is 84.7 cm³/mol. The van der Waals surface area contributed by atoms with Gasteiger partial charge < -0.3 is 10.6 Å². The average molecular weight is 286 g/mol. The van der Waals surface area contributed by atoms with Crippen LogP contribution in [-0.2, 0) is 10.3 Å². The van der Waals surface area contributed by atoms with E-state index in [4.69, 9.17) is 5.73 Å². The molecule has 1 aliphatic carbocycles. The summed E-state index contributed by atoms with van der Waals surface area (Å²) in [6.07, 6.45) is 7.48. The molecular formula is C18H26N2O. The zero-order valence-electron chi connectivity index (χ0n) is 12.9. The molecule has 2 aliphatic rings. The fourth-order valence-electron chi connectivity index (χ4n) is 4.08. The van der Waals surface area contributed by atoms with Gasteiger partial charge in [-0.2, -0.15) is 0 Å². The molecule has 0 radical (unpaired) electrons. The number of hydrogen-bond donors (Lipinski definition) is 1. The summed E-state index contributed by atoms with van der Waals surface area (Å²) in [6, 6.07) is 10.2. The molecule has 2 fully saturated rings. The molecule has 1 heterocycles. The number of nitrogens with zero attached hydrogens (tertiary/aromatic N) is 1. The summed E-state index contributed by atoms with van der Waals surface area (Å²) in [5.74, 6) is 0.797. The van der Waals surface area contributed by atoms with Gasteiger partial charge in [0.2, 0.25) is 5.91 Å². The first-order chi connectivity index (χ1) is 10.1. The molecule has 21 heavy (non-hydrogen) atoms. The van der Waals surface area contributed by atoms with E-state index in [2.05, 4.69) is 4.90 Å². The minimum Gasteiger partial charge on any atom is -0.338 e. The van der Waals surface area contributed by atoms with Crippen molar-refractivity contribution in [2.75, 3.05) is 6.54 Å². The van der Waals surface area contributed by atoms with Crippen molar-refractivity contribution in [2.24, 2.45) is 11.7 Å². The molecule has 114 valence electrons. The zero-order chi connectivity index (χ0) is 14.9. The first kappa shape index (κ1) is 14.6. The van der Waals surface area contributed by atoms with Crippen LogP contribution in [0.2, 0.25) is 0 Å². The Morgan fingerprint density at radius 2 is 1.81 bits per heavy atom. The van der Waals surface area contributed by atoms with Crippen molar-refractivity contribution >= 4 is 5.91 Å². The molecule has 1 aliphatic heterocycles. The summed E-state index contributed by atoms with van der Waals surface area (Å²) >= 11 is 0. The number of nitrogens with two attached hydrogens (primary N) is 1. The molecule has 2 atom stereocenters. The minimum absolute atomic E-state index is 0.100. The lowest BCUT2D eigenvalue weighted by Crippen LogP contribution is -2.53. The number of likely N-dealkylation sites (tertiary alicyclic amines) is 1. The second kappa shape index (κ2) is 5.80. The minimum atomic E-state index is -0.914. The van der Waals surface area contributed by atoms with Gasteiger partial charge in [-0.1, -0.05) is 43.2 Å². The molecule has 2 N–H and O–H groups in total. The van der Waals surface area contributed by atoms with E-state index in [1.54, 1.807) is 0 Å². The monoisotopic (exact) mass is 286 g/mol. The van der Waals surface area contributed by atoms with E-state index in [-0.39, 0.29) is 5.91 Å². The Balaban J connectivity index is 1.80. The molecule has 2 unspecified atom stereocenters. The van der Waals surface area contributed by atoms with E-state index >= 15 is 0 Å². The summed E-state index contributed by atoms with van der Waals surface area (Å²) in [4.78, 5) is 15.1. The summed E-state index contributed by atoms with van der Waals surface area (Å²) in [7, 11) is 0. The number of rotatable bonds is 3. The highest BCUT2D eigenvalue weighted by Crippen LogP contribution is 2.37. The molecular weight excluding hydrogens is 260 g/mol. The van der Waals surface area contributed by atoms with Gasteiger partial charge in [0.05, 0.1) is 0 Å². The maximum absolute atomic E-state index is 13.0. The molecule has 0 aromatic heterocycles. The topological polar surface area (TPSA) is 46.3 Å². The van der Waals surface area contributed by atoms with E-state index < -0.39 is 5.54 Å². The smallest absolute Gasteiger partial charge is 0.247 e. The van der Waals surface area contributed by atoms with Crippen molar-refractivity contribution in [2.45, 2.75) is 57.0 Å². The SMILES string of the molecule is CC(N)(C(=O)N1CCCC1C1CCCC1)c1ccccc1. The Hall–Kier alpha value is -1.35. The van der Waals surface area contributed by atoms with Crippen LogP contribution in [0, 0.1) is 5.92 Å². The molecule has 1 saturated carbocycles. The van der Waals surface area contributed by atoms with Crippen LogP contribution in [0.4, 0.5) is 0 Å². The number of hydrogen-bond acceptors (Lipinski definition) is 2. The molecule has 3 rings (SSSR count). The molecule has 3 nitrogen and oxygen atoms in total. The third-order valence-corrected chi connectivity index (χ3v) is 5.32. The van der Waals surface area contributed by atoms with E-state index in [9.17, 15) is 4.79 Å². The molecule has 1 aromatic carbocycles. The van der Waals surface area contributed by atoms with E-state index in [1.165, 1.54) is 25.7 Å². The van der Waals surface area contributed by atoms with Crippen molar-refractivity contribution in [3.05, 3.63) is 35.9 Å². The first-order valence-electron chi connectivity index (χ1n) is 8.26. The van der Waals surface area contributed by atoms with Gasteiger partial charge in [-0.15, -0.1) is 0 Å². The van der Waals surface area contributed by atoms with Gasteiger partial charge in [-0.3, -0.25) is 4.79 Å². The highest BCUT2D eigenvalue weighted by atomic mass is 16.2. The molecule has 1 saturated heterocycles. The van der Waals surface area contributed by atoms with Crippen molar-refractivity contribution in [1.29, 1.82) is 0 Å². The number of carbonyl (C=O) groups is 1. The lowest BCUT2D eigenvalue weighted by atomic mass is 9.89. The molecule has 3 heteroatoms. The van der Waals surface area contributed by atoms with Gasteiger partial charge in [0.15, 0.2) is 0 Å². The maximum Gasteiger partial charge on any atom is 0.247 e. The standard InChI is InChI=1S/C18H26N2O/c1-18(19,15-10-3-2-4-11-15)17(21)20-13-7-12-16(20)14-8-5-6-9-14/h2-4,10-11,14,16H,5-9,12-13,19H2,1H3. The largest absolute Gasteiger partial charge is 0.338 e. The summed E-state index contributed by atoms with van der Waals surface area (Å²) in [5, 5.41) is 0. The Labute approximate surface area is 127 Å². The Morgan fingerprint density at radius 1 is 1.14 bits per heavy atom. The van der Waals surface area contributed by atoms with Gasteiger partial charge in [0.1, 0.15) is 5.54 Å². The van der Waals surface area contributed by atoms with Crippen molar-refractivity contribution < 1.29 is 4.79 Å². The quantitative estimate of drug-likeness (QED) is 0.928. The van der Waals surface area contributed by atoms with Crippen LogP contribution in [0.15, 0.2) is 30.3 Å². The van der Waals surface area contributed by atoms with Crippen molar-refractivity contribution in [3.63, 3.8) is 0 Å². The predicted octanol–water partition coefficient (Wildman–Crippen LogP) is 3.04. The second-order valence-corrected chi connectivity index (χ2v) is 6.82. The highest BCUT2D eigenvalue weighted by Gasteiger charge is 2.42. The third kappa shape index (κ3) is 2.71. The Bertz CT molecular complexity index is 491. The second-order valence-electron chi connectivity index (χ2n) is 6.82. The number of benzene rings is 1. The summed E-state index contributed by atoms with van der Waals surface area (Å²) in [5.41, 5.74) is 6.43. The molecule has 1 amide bonds. The van der Waals surface area contributed by atoms with E-state index in [1.807, 2.05) is 37.3 Å². The van der Waals surface area contributed by atoms with E-state index in [0.717, 1.165) is 24.9 Å². The van der Waals surface area contributed by atoms with Crippen LogP contribution >= 0.6 is 0 Å². The number of carbonyl (C=O) groups excluding carboxylic acids is 1. The zero-order valence-corrected chi connectivity index (χ0v) is 12.9. The van der Waals surface area contributed by atoms with Gasteiger partial charge in [0, 0.05) is 12.6 Å². The molecule has 0 spiro atoms. The fourth-order valence-corrected chi connectivity index (χ4v) is 4.08. The van der Waals surface area contributed by atoms with Gasteiger partial charge in [0.25, 0.3) is 0 Å². The normalized spacial score (nSPS) is 26.0. The van der Waals surface area contributed by atoms with Crippen LogP contribution in [0.25, 0.3) is 0 Å². The van der Waals surface area contributed by atoms with Gasteiger partial charge in [-0.25, -0.2) is 0 Å². The van der Waals surface area contributed by atoms with Crippen LogP contribution in [0.1, 0.15) is 51.0 Å². The van der Waals surface area contributed by atoms with Crippen LogP contribution in [-0.4, -0.2) is 23.4 Å². The van der Waals surface area contributed by atoms with Crippen LogP contribution in [0.5, 0.6) is 0 Å². The average Bonchev–Trinajstić information content (AvgIpc) is 3.18. The summed E-state index contributed by atoms with van der Waals surface area (Å²) < 4.78 is 0. The van der Waals surface area contributed by atoms with Crippen molar-refractivity contribution in [3.8, 4) is 0 Å². The Kier molecular flexibility index (Phi) is 4.03.